The summed E-state index contributed by atoms with van der Waals surface area (Å²) in [6.45, 7) is 1.99. The van der Waals surface area contributed by atoms with Crippen LogP contribution in [0.15, 0.2) is 57.7 Å². The van der Waals surface area contributed by atoms with Gasteiger partial charge in [-0.25, -0.2) is 4.79 Å². The van der Waals surface area contributed by atoms with Gasteiger partial charge in [0.05, 0.1) is 5.69 Å². The Labute approximate surface area is 132 Å². The van der Waals surface area contributed by atoms with Crippen molar-refractivity contribution in [3.63, 3.8) is 0 Å². The van der Waals surface area contributed by atoms with E-state index in [-0.39, 0.29) is 5.69 Å². The first kappa shape index (κ1) is 13.6. The number of hydrogen-bond acceptors (Lipinski definition) is 4. The number of nitrogens with zero attached hydrogens (tertiary/aromatic N) is 2. The van der Waals surface area contributed by atoms with Crippen molar-refractivity contribution in [2.24, 2.45) is 0 Å². The number of furan rings is 1. The van der Waals surface area contributed by atoms with E-state index in [2.05, 4.69) is 10.3 Å². The molecule has 2 heterocycles. The molecule has 0 aliphatic carbocycles. The molecule has 4 aromatic rings. The molecule has 5 nitrogen and oxygen atoms in total. The molecule has 4 rings (SSSR count). The number of aromatic nitrogens is 2. The maximum Gasteiger partial charge on any atom is 0.354 e. The Bertz CT molecular complexity index is 1090. The van der Waals surface area contributed by atoms with Crippen molar-refractivity contribution < 1.29 is 4.42 Å². The Hall–Kier alpha value is -3.08. The third-order valence-electron chi connectivity index (χ3n) is 3.90. The zero-order chi connectivity index (χ0) is 16.0. The Morgan fingerprint density at radius 3 is 2.74 bits per heavy atom. The van der Waals surface area contributed by atoms with Crippen molar-refractivity contribution in [1.82, 2.24) is 9.55 Å². The van der Waals surface area contributed by atoms with Gasteiger partial charge in [-0.05, 0) is 36.8 Å². The quantitative estimate of drug-likeness (QED) is 0.616. The Balaban J connectivity index is 2.23. The van der Waals surface area contributed by atoms with E-state index in [9.17, 15) is 4.79 Å². The third-order valence-corrected chi connectivity index (χ3v) is 3.90. The van der Waals surface area contributed by atoms with Gasteiger partial charge in [-0.2, -0.15) is 4.98 Å². The molecule has 0 aliphatic rings. The lowest BCUT2D eigenvalue weighted by Gasteiger charge is -2.09. The van der Waals surface area contributed by atoms with Crippen LogP contribution in [0.1, 0.15) is 5.56 Å². The van der Waals surface area contributed by atoms with Crippen LogP contribution in [0.4, 0.5) is 5.82 Å². The van der Waals surface area contributed by atoms with Gasteiger partial charge >= 0.3 is 5.69 Å². The predicted molar refractivity (Wildman–Crippen MR) is 91.4 cm³/mol. The first-order chi connectivity index (χ1) is 11.2. The Morgan fingerprint density at radius 1 is 1.13 bits per heavy atom. The van der Waals surface area contributed by atoms with Gasteiger partial charge in [0.25, 0.3) is 0 Å². The summed E-state index contributed by atoms with van der Waals surface area (Å²) in [7, 11) is 1.73. The monoisotopic (exact) mass is 305 g/mol. The lowest BCUT2D eigenvalue weighted by Crippen LogP contribution is -2.22. The second-order valence-corrected chi connectivity index (χ2v) is 5.44. The molecule has 0 saturated heterocycles. The minimum absolute atomic E-state index is 0.334. The molecular formula is C18H15N3O2. The second kappa shape index (κ2) is 4.98. The summed E-state index contributed by atoms with van der Waals surface area (Å²) < 4.78 is 7.54. The lowest BCUT2D eigenvalue weighted by atomic mass is 10.2. The molecule has 0 bridgehead atoms. The van der Waals surface area contributed by atoms with Crippen LogP contribution < -0.4 is 11.0 Å². The van der Waals surface area contributed by atoms with Gasteiger partial charge in [0.15, 0.2) is 11.4 Å². The van der Waals surface area contributed by atoms with Gasteiger partial charge in [-0.3, -0.25) is 4.57 Å². The zero-order valence-corrected chi connectivity index (χ0v) is 12.8. The number of anilines is 1. The standard InChI is InChI=1S/C18H15N3O2/c1-11-6-5-7-12(10-11)21-15-13-8-3-4-9-14(13)23-16(15)17(19-2)20-18(21)22/h3-10H,1-2H3,(H,19,20,22). The fraction of sp³-hybridized carbons (Fsp3) is 0.111. The van der Waals surface area contributed by atoms with Gasteiger partial charge < -0.3 is 9.73 Å². The van der Waals surface area contributed by atoms with E-state index in [1.54, 1.807) is 11.6 Å². The maximum atomic E-state index is 12.6. The van der Waals surface area contributed by atoms with Gasteiger partial charge in [0.1, 0.15) is 11.1 Å². The van der Waals surface area contributed by atoms with E-state index < -0.39 is 0 Å². The van der Waals surface area contributed by atoms with Crippen LogP contribution >= 0.6 is 0 Å². The first-order valence-corrected chi connectivity index (χ1v) is 7.38. The zero-order valence-electron chi connectivity index (χ0n) is 12.8. The molecule has 0 aliphatic heterocycles. The molecule has 2 aromatic heterocycles. The maximum absolute atomic E-state index is 12.6. The Morgan fingerprint density at radius 2 is 1.96 bits per heavy atom. The van der Waals surface area contributed by atoms with Crippen LogP contribution in [0.25, 0.3) is 27.8 Å². The third kappa shape index (κ3) is 2.01. The van der Waals surface area contributed by atoms with Gasteiger partial charge in [-0.1, -0.05) is 24.3 Å². The summed E-state index contributed by atoms with van der Waals surface area (Å²) in [5.41, 5.74) is 3.56. The van der Waals surface area contributed by atoms with E-state index >= 15 is 0 Å². The number of benzene rings is 2. The average molecular weight is 305 g/mol. The van der Waals surface area contributed by atoms with Crippen molar-refractivity contribution in [2.45, 2.75) is 6.92 Å². The van der Waals surface area contributed by atoms with Gasteiger partial charge in [0, 0.05) is 12.4 Å². The number of aryl methyl sites for hydroxylation is 1. The molecule has 114 valence electrons. The van der Waals surface area contributed by atoms with Crippen LogP contribution in [0.2, 0.25) is 0 Å². The topological polar surface area (TPSA) is 60.1 Å². The molecule has 5 heteroatoms. The van der Waals surface area contributed by atoms with Crippen LogP contribution in [0.3, 0.4) is 0 Å². The smallest absolute Gasteiger partial charge is 0.354 e. The highest BCUT2D eigenvalue weighted by atomic mass is 16.3. The molecule has 0 spiro atoms. The molecule has 0 atom stereocenters. The number of nitrogens with one attached hydrogen (secondary N) is 1. The highest BCUT2D eigenvalue weighted by molar-refractivity contribution is 6.06. The van der Waals surface area contributed by atoms with Crippen molar-refractivity contribution in [2.75, 3.05) is 12.4 Å². The van der Waals surface area contributed by atoms with Crippen molar-refractivity contribution >= 4 is 27.9 Å². The van der Waals surface area contributed by atoms with Crippen molar-refractivity contribution in [3.05, 3.63) is 64.6 Å². The molecule has 0 saturated carbocycles. The van der Waals surface area contributed by atoms with Crippen LogP contribution in [-0.4, -0.2) is 16.6 Å². The van der Waals surface area contributed by atoms with E-state index in [0.29, 0.717) is 11.4 Å². The molecule has 2 aromatic carbocycles. The molecule has 0 radical (unpaired) electrons. The average Bonchev–Trinajstić information content (AvgIpc) is 2.93. The Kier molecular flexibility index (Phi) is 2.94. The number of rotatable bonds is 2. The van der Waals surface area contributed by atoms with Gasteiger partial charge in [0.2, 0.25) is 0 Å². The lowest BCUT2D eigenvalue weighted by molar-refractivity contribution is 0.665. The molecule has 1 N–H and O–H groups in total. The minimum Gasteiger partial charge on any atom is -0.451 e. The summed E-state index contributed by atoms with van der Waals surface area (Å²) in [4.78, 5) is 16.8. The summed E-state index contributed by atoms with van der Waals surface area (Å²) in [5.74, 6) is 0.449. The van der Waals surface area contributed by atoms with Crippen LogP contribution in [0, 0.1) is 6.92 Å². The molecular weight excluding hydrogens is 290 g/mol. The summed E-state index contributed by atoms with van der Waals surface area (Å²) in [5, 5.41) is 3.83. The van der Waals surface area contributed by atoms with E-state index in [0.717, 1.165) is 27.7 Å². The minimum atomic E-state index is -0.334. The van der Waals surface area contributed by atoms with Crippen molar-refractivity contribution in [3.8, 4) is 5.69 Å². The number of para-hydroxylation sites is 1. The van der Waals surface area contributed by atoms with Crippen LogP contribution in [0.5, 0.6) is 0 Å². The van der Waals surface area contributed by atoms with Gasteiger partial charge in [-0.15, -0.1) is 0 Å². The second-order valence-electron chi connectivity index (χ2n) is 5.44. The molecule has 0 unspecified atom stereocenters. The molecule has 0 fully saturated rings. The summed E-state index contributed by atoms with van der Waals surface area (Å²) >= 11 is 0. The highest BCUT2D eigenvalue weighted by Crippen LogP contribution is 2.32. The predicted octanol–water partition coefficient (Wildman–Crippen LogP) is 3.48. The van der Waals surface area contributed by atoms with Crippen molar-refractivity contribution in [1.29, 1.82) is 0 Å². The van der Waals surface area contributed by atoms with E-state index in [4.69, 9.17) is 4.42 Å². The SMILES string of the molecule is CNc1nc(=O)n(-c2cccc(C)c2)c2c1oc1ccccc12. The first-order valence-electron chi connectivity index (χ1n) is 7.38. The van der Waals surface area contributed by atoms with E-state index in [1.165, 1.54) is 0 Å². The molecule has 0 amide bonds. The largest absolute Gasteiger partial charge is 0.451 e. The van der Waals surface area contributed by atoms with E-state index in [1.807, 2.05) is 55.5 Å². The summed E-state index contributed by atoms with van der Waals surface area (Å²) in [6, 6.07) is 15.5. The molecule has 23 heavy (non-hydrogen) atoms. The summed E-state index contributed by atoms with van der Waals surface area (Å²) in [6.07, 6.45) is 0. The van der Waals surface area contributed by atoms with Crippen LogP contribution in [-0.2, 0) is 0 Å². The number of fused-ring (bicyclic) bond motifs is 3. The fourth-order valence-corrected chi connectivity index (χ4v) is 2.88. The normalized spacial score (nSPS) is 11.2. The number of hydrogen-bond donors (Lipinski definition) is 1. The fourth-order valence-electron chi connectivity index (χ4n) is 2.88. The highest BCUT2D eigenvalue weighted by Gasteiger charge is 2.18.